The second-order valence-electron chi connectivity index (χ2n) is 6.36. The predicted octanol–water partition coefficient (Wildman–Crippen LogP) is 4.08. The van der Waals surface area contributed by atoms with E-state index in [1.54, 1.807) is 50.2 Å². The van der Waals surface area contributed by atoms with Gasteiger partial charge in [-0.15, -0.1) is 0 Å². The third-order valence-electron chi connectivity index (χ3n) is 4.16. The molecule has 33 heavy (non-hydrogen) atoms. The van der Waals surface area contributed by atoms with Crippen LogP contribution >= 0.6 is 0 Å². The molecule has 0 aliphatic heterocycles. The smallest absolute Gasteiger partial charge is 0.354 e. The number of carbonyl (C=O) groups is 2. The second-order valence-corrected chi connectivity index (χ2v) is 6.36. The largest absolute Gasteiger partial charge is 0.497 e. The number of hydrogen-bond acceptors (Lipinski definition) is 8. The Morgan fingerprint density at radius 1 is 0.848 bits per heavy atom. The standard InChI is InChI=1S/C25H22N2O6/c1-4-31-23-14-18(13-19(15-26)24(28)32-5-2)8-11-22(23)33-25(29)20(16-27)12-17-6-9-21(30-3)10-7-17/h6-14H,4-5H2,1-3H3/b19-13+,20-12+. The minimum absolute atomic E-state index is 0.0875. The Bertz CT molecular complexity index is 1150. The van der Waals surface area contributed by atoms with Crippen molar-refractivity contribution in [3.05, 3.63) is 64.7 Å². The molecule has 0 amide bonds. The van der Waals surface area contributed by atoms with Crippen LogP contribution in [0.1, 0.15) is 25.0 Å². The molecule has 0 radical (unpaired) electrons. The number of nitriles is 2. The van der Waals surface area contributed by atoms with E-state index in [-0.39, 0.29) is 35.9 Å². The van der Waals surface area contributed by atoms with Crippen molar-refractivity contribution < 1.29 is 28.5 Å². The van der Waals surface area contributed by atoms with Crippen LogP contribution < -0.4 is 14.2 Å². The molecule has 0 unspecified atom stereocenters. The lowest BCUT2D eigenvalue weighted by molar-refractivity contribution is -0.138. The van der Waals surface area contributed by atoms with E-state index in [1.807, 2.05) is 6.07 Å². The van der Waals surface area contributed by atoms with Gasteiger partial charge in [-0.05, 0) is 61.4 Å². The van der Waals surface area contributed by atoms with Gasteiger partial charge in [0.1, 0.15) is 29.0 Å². The highest BCUT2D eigenvalue weighted by molar-refractivity contribution is 5.99. The molecule has 2 rings (SSSR count). The topological polar surface area (TPSA) is 119 Å². The number of benzene rings is 2. The van der Waals surface area contributed by atoms with Gasteiger partial charge in [-0.25, -0.2) is 9.59 Å². The number of esters is 2. The van der Waals surface area contributed by atoms with Crippen LogP contribution in [-0.2, 0) is 14.3 Å². The van der Waals surface area contributed by atoms with Gasteiger partial charge >= 0.3 is 11.9 Å². The summed E-state index contributed by atoms with van der Waals surface area (Å²) in [6.07, 6.45) is 2.74. The van der Waals surface area contributed by atoms with Crippen LogP contribution in [0.5, 0.6) is 17.2 Å². The Balaban J connectivity index is 2.30. The predicted molar refractivity (Wildman–Crippen MR) is 120 cm³/mol. The number of ether oxygens (including phenoxy) is 4. The molecule has 8 heteroatoms. The second kappa shape index (κ2) is 12.3. The summed E-state index contributed by atoms with van der Waals surface area (Å²) in [4.78, 5) is 24.4. The summed E-state index contributed by atoms with van der Waals surface area (Å²) >= 11 is 0. The van der Waals surface area contributed by atoms with E-state index >= 15 is 0 Å². The van der Waals surface area contributed by atoms with Gasteiger partial charge in [-0.3, -0.25) is 0 Å². The summed E-state index contributed by atoms with van der Waals surface area (Å²) in [5.74, 6) is -0.657. The van der Waals surface area contributed by atoms with E-state index in [2.05, 4.69) is 0 Å². The third kappa shape index (κ3) is 6.98. The number of hydrogen-bond donors (Lipinski definition) is 0. The van der Waals surface area contributed by atoms with Crippen LogP contribution in [0.4, 0.5) is 0 Å². The van der Waals surface area contributed by atoms with Gasteiger partial charge in [-0.2, -0.15) is 10.5 Å². The normalized spacial score (nSPS) is 11.1. The SMILES string of the molecule is CCOC(=O)/C(C#N)=C/c1ccc(OC(=O)/C(C#N)=C/c2ccc(OC)cc2)c(OCC)c1. The zero-order chi connectivity index (χ0) is 24.2. The van der Waals surface area contributed by atoms with Crippen molar-refractivity contribution >= 4 is 24.1 Å². The van der Waals surface area contributed by atoms with Gasteiger partial charge in [0.05, 0.1) is 20.3 Å². The number of rotatable bonds is 9. The van der Waals surface area contributed by atoms with Crippen molar-refractivity contribution in [3.8, 4) is 29.4 Å². The number of nitrogens with zero attached hydrogens (tertiary/aromatic N) is 2. The molecule has 0 saturated heterocycles. The molecule has 2 aromatic rings. The Morgan fingerprint density at radius 3 is 2.03 bits per heavy atom. The van der Waals surface area contributed by atoms with E-state index < -0.39 is 11.9 Å². The molecule has 8 nitrogen and oxygen atoms in total. The lowest BCUT2D eigenvalue weighted by Gasteiger charge is -2.11. The molecule has 0 atom stereocenters. The van der Waals surface area contributed by atoms with Crippen LogP contribution in [0.15, 0.2) is 53.6 Å². The minimum Gasteiger partial charge on any atom is -0.497 e. The summed E-state index contributed by atoms with van der Waals surface area (Å²) in [6.45, 7) is 3.80. The first-order chi connectivity index (χ1) is 15.9. The fourth-order valence-electron chi connectivity index (χ4n) is 2.64. The average molecular weight is 446 g/mol. The summed E-state index contributed by atoms with van der Waals surface area (Å²) in [7, 11) is 1.54. The van der Waals surface area contributed by atoms with Gasteiger partial charge in [0.2, 0.25) is 0 Å². The van der Waals surface area contributed by atoms with E-state index in [9.17, 15) is 20.1 Å². The number of methoxy groups -OCH3 is 1. The van der Waals surface area contributed by atoms with E-state index in [1.165, 1.54) is 31.4 Å². The molecule has 0 N–H and O–H groups in total. The van der Waals surface area contributed by atoms with Gasteiger partial charge < -0.3 is 18.9 Å². The molecule has 0 aromatic heterocycles. The molecule has 0 spiro atoms. The van der Waals surface area contributed by atoms with E-state index in [4.69, 9.17) is 18.9 Å². The summed E-state index contributed by atoms with van der Waals surface area (Å²) in [5, 5.41) is 18.6. The Labute approximate surface area is 191 Å². The highest BCUT2D eigenvalue weighted by Gasteiger charge is 2.17. The molecule has 2 aromatic carbocycles. The lowest BCUT2D eigenvalue weighted by Crippen LogP contribution is -2.11. The van der Waals surface area contributed by atoms with Crippen molar-refractivity contribution in [1.29, 1.82) is 10.5 Å². The van der Waals surface area contributed by atoms with Crippen molar-refractivity contribution in [2.45, 2.75) is 13.8 Å². The molecule has 0 fully saturated rings. The van der Waals surface area contributed by atoms with Crippen molar-refractivity contribution in [2.24, 2.45) is 0 Å². The zero-order valence-electron chi connectivity index (χ0n) is 18.5. The third-order valence-corrected chi connectivity index (χ3v) is 4.16. The molecule has 168 valence electrons. The van der Waals surface area contributed by atoms with Crippen molar-refractivity contribution in [1.82, 2.24) is 0 Å². The summed E-state index contributed by atoms with van der Waals surface area (Å²) in [5.41, 5.74) is 0.703. The Hall–Kier alpha value is -4.56. The average Bonchev–Trinajstić information content (AvgIpc) is 2.83. The van der Waals surface area contributed by atoms with Gasteiger partial charge in [0, 0.05) is 0 Å². The molecular formula is C25H22N2O6. The highest BCUT2D eigenvalue weighted by atomic mass is 16.6. The van der Waals surface area contributed by atoms with Crippen LogP contribution in [0.25, 0.3) is 12.2 Å². The van der Waals surface area contributed by atoms with E-state index in [0.717, 1.165) is 0 Å². The highest BCUT2D eigenvalue weighted by Crippen LogP contribution is 2.30. The molecular weight excluding hydrogens is 424 g/mol. The van der Waals surface area contributed by atoms with Crippen LogP contribution in [0, 0.1) is 22.7 Å². The van der Waals surface area contributed by atoms with Crippen LogP contribution in [0.3, 0.4) is 0 Å². The number of carbonyl (C=O) groups excluding carboxylic acids is 2. The van der Waals surface area contributed by atoms with Crippen LogP contribution in [0.2, 0.25) is 0 Å². The van der Waals surface area contributed by atoms with Gasteiger partial charge in [-0.1, -0.05) is 18.2 Å². The van der Waals surface area contributed by atoms with Crippen LogP contribution in [-0.4, -0.2) is 32.3 Å². The Morgan fingerprint density at radius 2 is 1.45 bits per heavy atom. The summed E-state index contributed by atoms with van der Waals surface area (Å²) < 4.78 is 20.9. The fourth-order valence-corrected chi connectivity index (χ4v) is 2.64. The Kier molecular flexibility index (Phi) is 9.23. The summed E-state index contributed by atoms with van der Waals surface area (Å²) in [6, 6.07) is 15.0. The first kappa shape index (κ1) is 24.7. The lowest BCUT2D eigenvalue weighted by atomic mass is 10.1. The molecule has 0 aliphatic rings. The van der Waals surface area contributed by atoms with Crippen molar-refractivity contribution in [2.75, 3.05) is 20.3 Å². The van der Waals surface area contributed by atoms with Crippen molar-refractivity contribution in [3.63, 3.8) is 0 Å². The monoisotopic (exact) mass is 446 g/mol. The van der Waals surface area contributed by atoms with Gasteiger partial charge in [0.25, 0.3) is 0 Å². The first-order valence-electron chi connectivity index (χ1n) is 9.99. The fraction of sp³-hybridized carbons (Fsp3) is 0.200. The van der Waals surface area contributed by atoms with E-state index in [0.29, 0.717) is 16.9 Å². The molecule has 0 saturated carbocycles. The first-order valence-corrected chi connectivity index (χ1v) is 9.99. The zero-order valence-corrected chi connectivity index (χ0v) is 18.5. The minimum atomic E-state index is -0.859. The maximum Gasteiger partial charge on any atom is 0.354 e. The van der Waals surface area contributed by atoms with Gasteiger partial charge in [0.15, 0.2) is 11.5 Å². The molecule has 0 aliphatic carbocycles. The maximum absolute atomic E-state index is 12.6. The quantitative estimate of drug-likeness (QED) is 0.245. The maximum atomic E-state index is 12.6. The molecule has 0 heterocycles. The molecule has 0 bridgehead atoms.